The molecule has 118 valence electrons. The highest BCUT2D eigenvalue weighted by Gasteiger charge is 2.49. The SMILES string of the molecule is C=C[C@@H]1C(=O)N([C@H](COC)c2ccccc2)[C@H]1c1ccccc1. The molecule has 0 aromatic heterocycles. The predicted molar refractivity (Wildman–Crippen MR) is 90.8 cm³/mol. The Kier molecular flexibility index (Phi) is 4.58. The molecule has 0 aliphatic carbocycles. The lowest BCUT2D eigenvalue weighted by molar-refractivity contribution is -0.160. The van der Waals surface area contributed by atoms with Gasteiger partial charge in [0.2, 0.25) is 5.91 Å². The molecule has 2 aromatic carbocycles. The van der Waals surface area contributed by atoms with Crippen LogP contribution in [0, 0.1) is 5.92 Å². The monoisotopic (exact) mass is 307 g/mol. The second-order valence-electron chi connectivity index (χ2n) is 5.74. The van der Waals surface area contributed by atoms with Gasteiger partial charge in [-0.25, -0.2) is 0 Å². The van der Waals surface area contributed by atoms with Crippen LogP contribution >= 0.6 is 0 Å². The Hall–Kier alpha value is -2.39. The molecule has 1 saturated heterocycles. The summed E-state index contributed by atoms with van der Waals surface area (Å²) < 4.78 is 5.40. The van der Waals surface area contributed by atoms with E-state index in [0.717, 1.165) is 11.1 Å². The Morgan fingerprint density at radius 3 is 2.30 bits per heavy atom. The van der Waals surface area contributed by atoms with Gasteiger partial charge >= 0.3 is 0 Å². The predicted octanol–water partition coefficient (Wildman–Crippen LogP) is 3.76. The quantitative estimate of drug-likeness (QED) is 0.601. The summed E-state index contributed by atoms with van der Waals surface area (Å²) >= 11 is 0. The third-order valence-corrected chi connectivity index (χ3v) is 4.42. The first-order chi connectivity index (χ1) is 11.3. The minimum absolute atomic E-state index is 0.0153. The molecule has 3 rings (SSSR count). The first-order valence-corrected chi connectivity index (χ1v) is 7.81. The fourth-order valence-electron chi connectivity index (χ4n) is 3.30. The first-order valence-electron chi connectivity index (χ1n) is 7.81. The third-order valence-electron chi connectivity index (χ3n) is 4.42. The van der Waals surface area contributed by atoms with Crippen molar-refractivity contribution in [2.24, 2.45) is 5.92 Å². The van der Waals surface area contributed by atoms with Gasteiger partial charge in [-0.15, -0.1) is 6.58 Å². The van der Waals surface area contributed by atoms with E-state index >= 15 is 0 Å². The van der Waals surface area contributed by atoms with Gasteiger partial charge in [0.05, 0.1) is 24.6 Å². The summed E-state index contributed by atoms with van der Waals surface area (Å²) in [6, 6.07) is 20.1. The van der Waals surface area contributed by atoms with Crippen LogP contribution in [0.4, 0.5) is 0 Å². The topological polar surface area (TPSA) is 29.5 Å². The molecule has 1 aliphatic rings. The van der Waals surface area contributed by atoms with Crippen molar-refractivity contribution in [2.75, 3.05) is 13.7 Å². The van der Waals surface area contributed by atoms with Crippen molar-refractivity contribution in [3.63, 3.8) is 0 Å². The molecule has 0 spiro atoms. The lowest BCUT2D eigenvalue weighted by Crippen LogP contribution is -2.56. The van der Waals surface area contributed by atoms with E-state index < -0.39 is 0 Å². The third kappa shape index (κ3) is 2.80. The Balaban J connectivity index is 1.97. The molecule has 3 atom stereocenters. The van der Waals surface area contributed by atoms with Crippen molar-refractivity contribution >= 4 is 5.91 Å². The Labute approximate surface area is 137 Å². The number of rotatable bonds is 6. The number of β-lactam (4-membered cyclic amide) rings is 1. The second-order valence-corrected chi connectivity index (χ2v) is 5.74. The van der Waals surface area contributed by atoms with Gasteiger partial charge in [0, 0.05) is 7.11 Å². The van der Waals surface area contributed by atoms with Gasteiger partial charge in [0.1, 0.15) is 0 Å². The van der Waals surface area contributed by atoms with Crippen LogP contribution in [0.25, 0.3) is 0 Å². The van der Waals surface area contributed by atoms with Crippen LogP contribution < -0.4 is 0 Å². The van der Waals surface area contributed by atoms with Crippen molar-refractivity contribution < 1.29 is 9.53 Å². The fourth-order valence-corrected chi connectivity index (χ4v) is 3.30. The number of ether oxygens (including phenoxy) is 1. The zero-order valence-electron chi connectivity index (χ0n) is 13.3. The van der Waals surface area contributed by atoms with Crippen molar-refractivity contribution in [1.29, 1.82) is 0 Å². The molecule has 0 saturated carbocycles. The molecule has 1 heterocycles. The summed E-state index contributed by atoms with van der Waals surface area (Å²) in [4.78, 5) is 14.6. The molecule has 1 aliphatic heterocycles. The summed E-state index contributed by atoms with van der Waals surface area (Å²) in [7, 11) is 1.67. The largest absolute Gasteiger partial charge is 0.382 e. The van der Waals surface area contributed by atoms with Crippen LogP contribution in [0.15, 0.2) is 73.3 Å². The standard InChI is InChI=1S/C20H21NO2/c1-3-17-19(16-12-8-5-9-13-16)21(20(17)22)18(14-23-2)15-10-6-4-7-11-15/h3-13,17-19H,1,14H2,2H3/t17-,18+,19-/m0/s1. The maximum atomic E-state index is 12.7. The molecule has 1 amide bonds. The van der Waals surface area contributed by atoms with Crippen molar-refractivity contribution in [3.8, 4) is 0 Å². The van der Waals surface area contributed by atoms with E-state index in [2.05, 4.69) is 18.7 Å². The van der Waals surface area contributed by atoms with Crippen LogP contribution in [0.1, 0.15) is 23.2 Å². The highest BCUT2D eigenvalue weighted by Crippen LogP contribution is 2.46. The smallest absolute Gasteiger partial charge is 0.233 e. The fraction of sp³-hybridized carbons (Fsp3) is 0.250. The number of amides is 1. The number of carbonyl (C=O) groups excluding carboxylic acids is 1. The number of carbonyl (C=O) groups is 1. The van der Waals surface area contributed by atoms with Gasteiger partial charge in [0.15, 0.2) is 0 Å². The Bertz CT molecular complexity index is 669. The van der Waals surface area contributed by atoms with E-state index in [1.165, 1.54) is 0 Å². The van der Waals surface area contributed by atoms with Gasteiger partial charge < -0.3 is 9.64 Å². The maximum absolute atomic E-state index is 12.7. The molecule has 0 unspecified atom stereocenters. The average molecular weight is 307 g/mol. The number of likely N-dealkylation sites (tertiary alicyclic amines) is 1. The molecule has 1 fully saturated rings. The van der Waals surface area contributed by atoms with Crippen LogP contribution in [0.2, 0.25) is 0 Å². The molecular formula is C20H21NO2. The summed E-state index contributed by atoms with van der Waals surface area (Å²) in [5.41, 5.74) is 2.22. The maximum Gasteiger partial charge on any atom is 0.233 e. The minimum atomic E-state index is -0.166. The van der Waals surface area contributed by atoms with Gasteiger partial charge in [-0.2, -0.15) is 0 Å². The Morgan fingerprint density at radius 1 is 1.13 bits per heavy atom. The van der Waals surface area contributed by atoms with Crippen LogP contribution in [0.5, 0.6) is 0 Å². The molecule has 0 radical (unpaired) electrons. The van der Waals surface area contributed by atoms with Crippen LogP contribution in [-0.2, 0) is 9.53 Å². The molecule has 0 bridgehead atoms. The minimum Gasteiger partial charge on any atom is -0.382 e. The molecule has 3 nitrogen and oxygen atoms in total. The zero-order valence-corrected chi connectivity index (χ0v) is 13.3. The molecular weight excluding hydrogens is 286 g/mol. The van der Waals surface area contributed by atoms with E-state index in [0.29, 0.717) is 6.61 Å². The number of benzene rings is 2. The molecule has 2 aromatic rings. The zero-order chi connectivity index (χ0) is 16.2. The highest BCUT2D eigenvalue weighted by atomic mass is 16.5. The van der Waals surface area contributed by atoms with Crippen LogP contribution in [-0.4, -0.2) is 24.5 Å². The number of hydrogen-bond donors (Lipinski definition) is 0. The second kappa shape index (κ2) is 6.80. The van der Waals surface area contributed by atoms with Crippen molar-refractivity contribution in [1.82, 2.24) is 4.90 Å². The lowest BCUT2D eigenvalue weighted by atomic mass is 9.80. The average Bonchev–Trinajstić information content (AvgIpc) is 2.61. The van der Waals surface area contributed by atoms with E-state index in [1.807, 2.05) is 53.4 Å². The summed E-state index contributed by atoms with van der Waals surface area (Å²) in [5, 5.41) is 0. The normalized spacial score (nSPS) is 21.6. The first kappa shape index (κ1) is 15.5. The number of hydrogen-bond acceptors (Lipinski definition) is 2. The highest BCUT2D eigenvalue weighted by molar-refractivity contribution is 5.88. The Morgan fingerprint density at radius 2 is 1.74 bits per heavy atom. The molecule has 0 N–H and O–H groups in total. The van der Waals surface area contributed by atoms with Crippen LogP contribution in [0.3, 0.4) is 0 Å². The summed E-state index contributed by atoms with van der Waals surface area (Å²) in [6.45, 7) is 4.32. The van der Waals surface area contributed by atoms with Gasteiger partial charge in [-0.3, -0.25) is 4.79 Å². The summed E-state index contributed by atoms with van der Waals surface area (Å²) in [6.07, 6.45) is 1.76. The molecule has 23 heavy (non-hydrogen) atoms. The van der Waals surface area contributed by atoms with E-state index in [-0.39, 0.29) is 23.9 Å². The van der Waals surface area contributed by atoms with Gasteiger partial charge in [0.25, 0.3) is 0 Å². The number of methoxy groups -OCH3 is 1. The lowest BCUT2D eigenvalue weighted by Gasteiger charge is -2.50. The molecule has 3 heteroatoms. The summed E-state index contributed by atoms with van der Waals surface area (Å²) in [5.74, 6) is -0.0553. The van der Waals surface area contributed by atoms with Crippen molar-refractivity contribution in [3.05, 3.63) is 84.4 Å². The van der Waals surface area contributed by atoms with E-state index in [4.69, 9.17) is 4.74 Å². The number of nitrogens with zero attached hydrogens (tertiary/aromatic N) is 1. The van der Waals surface area contributed by atoms with Crippen molar-refractivity contribution in [2.45, 2.75) is 12.1 Å². The van der Waals surface area contributed by atoms with Gasteiger partial charge in [-0.1, -0.05) is 66.7 Å². The van der Waals surface area contributed by atoms with E-state index in [9.17, 15) is 4.79 Å². The van der Waals surface area contributed by atoms with E-state index in [1.54, 1.807) is 13.2 Å². The van der Waals surface area contributed by atoms with Gasteiger partial charge in [-0.05, 0) is 11.1 Å².